The van der Waals surface area contributed by atoms with Crippen LogP contribution in [-0.2, 0) is 0 Å². The van der Waals surface area contributed by atoms with Gasteiger partial charge >= 0.3 is 0 Å². The highest BCUT2D eigenvalue weighted by atomic mass is 32.1. The molecule has 1 heteroatoms. The molecule has 1 aliphatic rings. The van der Waals surface area contributed by atoms with Crippen molar-refractivity contribution in [1.82, 2.24) is 0 Å². The fourth-order valence-corrected chi connectivity index (χ4v) is 10.1. The van der Waals surface area contributed by atoms with Crippen molar-refractivity contribution in [1.29, 1.82) is 0 Å². The van der Waals surface area contributed by atoms with Crippen LogP contribution in [-0.4, -0.2) is 0 Å². The van der Waals surface area contributed by atoms with Crippen LogP contribution in [0.2, 0.25) is 0 Å². The summed E-state index contributed by atoms with van der Waals surface area (Å²) in [5.41, 5.74) is 17.8. The molecule has 0 spiro atoms. The van der Waals surface area contributed by atoms with Gasteiger partial charge in [0.15, 0.2) is 0 Å². The van der Waals surface area contributed by atoms with Crippen molar-refractivity contribution in [2.45, 2.75) is 0 Å². The van der Waals surface area contributed by atoms with Gasteiger partial charge in [-0.2, -0.15) is 0 Å². The summed E-state index contributed by atoms with van der Waals surface area (Å²) in [4.78, 5) is 0. The Balaban J connectivity index is 1.33. The van der Waals surface area contributed by atoms with E-state index in [2.05, 4.69) is 194 Å². The Morgan fingerprint density at radius 2 is 0.642 bits per heavy atom. The summed E-state index contributed by atoms with van der Waals surface area (Å²) in [6.45, 7) is 0. The van der Waals surface area contributed by atoms with E-state index in [-0.39, 0.29) is 0 Å². The maximum atomic E-state index is 2.41. The molecule has 10 aromatic rings. The Bertz CT molecular complexity index is 2890. The average molecular weight is 689 g/mol. The zero-order valence-electron chi connectivity index (χ0n) is 28.9. The van der Waals surface area contributed by atoms with Crippen molar-refractivity contribution in [3.8, 4) is 77.9 Å². The number of hydrogen-bond donors (Lipinski definition) is 0. The lowest BCUT2D eigenvalue weighted by molar-refractivity contribution is 1.54. The van der Waals surface area contributed by atoms with Crippen LogP contribution in [0.5, 0.6) is 0 Å². The Morgan fingerprint density at radius 3 is 1.19 bits per heavy atom. The molecule has 1 aromatic heterocycles. The second kappa shape index (κ2) is 12.0. The molecule has 0 aliphatic heterocycles. The molecule has 0 fully saturated rings. The van der Waals surface area contributed by atoms with Crippen molar-refractivity contribution >= 4 is 42.3 Å². The third-order valence-electron chi connectivity index (χ3n) is 11.0. The molecule has 0 saturated carbocycles. The topological polar surface area (TPSA) is 0 Å². The van der Waals surface area contributed by atoms with Gasteiger partial charge in [-0.15, -0.1) is 11.3 Å². The molecule has 9 aromatic carbocycles. The number of fused-ring (bicyclic) bond motifs is 6. The van der Waals surface area contributed by atoms with Gasteiger partial charge < -0.3 is 0 Å². The second-order valence-corrected chi connectivity index (χ2v) is 14.9. The maximum Gasteiger partial charge on any atom is 0.0434 e. The summed E-state index contributed by atoms with van der Waals surface area (Å²) in [7, 11) is 0. The van der Waals surface area contributed by atoms with Crippen molar-refractivity contribution < 1.29 is 0 Å². The maximum absolute atomic E-state index is 2.41. The van der Waals surface area contributed by atoms with E-state index in [1.165, 1.54) is 109 Å². The van der Waals surface area contributed by atoms with Gasteiger partial charge in [-0.25, -0.2) is 0 Å². The molecule has 11 rings (SSSR count). The van der Waals surface area contributed by atoms with Crippen molar-refractivity contribution in [2.24, 2.45) is 0 Å². The lowest BCUT2D eigenvalue weighted by Gasteiger charge is -2.26. The van der Waals surface area contributed by atoms with Crippen LogP contribution >= 0.6 is 11.3 Å². The zero-order valence-corrected chi connectivity index (χ0v) is 29.7. The molecular formula is C52H32S. The molecular weight excluding hydrogens is 657 g/mol. The quantitative estimate of drug-likeness (QED) is 0.169. The lowest BCUT2D eigenvalue weighted by Crippen LogP contribution is -1.99. The normalized spacial score (nSPS) is 11.8. The van der Waals surface area contributed by atoms with Gasteiger partial charge in [-0.3, -0.25) is 0 Å². The minimum absolute atomic E-state index is 1.21. The highest BCUT2D eigenvalue weighted by Crippen LogP contribution is 2.61. The molecule has 0 unspecified atom stereocenters. The Hall–Kier alpha value is -6.54. The third-order valence-corrected chi connectivity index (χ3v) is 12.2. The smallest absolute Gasteiger partial charge is 0.0434 e. The first-order chi connectivity index (χ1) is 26.3. The molecule has 1 aliphatic carbocycles. The van der Waals surface area contributed by atoms with Crippen LogP contribution in [0.3, 0.4) is 0 Å². The van der Waals surface area contributed by atoms with E-state index in [1.54, 1.807) is 0 Å². The molecule has 0 radical (unpaired) electrons. The van der Waals surface area contributed by atoms with E-state index in [0.29, 0.717) is 0 Å². The average Bonchev–Trinajstić information content (AvgIpc) is 3.78. The monoisotopic (exact) mass is 688 g/mol. The fraction of sp³-hybridized carbons (Fsp3) is 0. The van der Waals surface area contributed by atoms with Gasteiger partial charge in [0.1, 0.15) is 0 Å². The van der Waals surface area contributed by atoms with Crippen LogP contribution in [0.15, 0.2) is 194 Å². The van der Waals surface area contributed by atoms with Gasteiger partial charge in [0.25, 0.3) is 0 Å². The minimum Gasteiger partial charge on any atom is -0.135 e. The van der Waals surface area contributed by atoms with E-state index < -0.39 is 0 Å². The third kappa shape index (κ3) is 4.54. The van der Waals surface area contributed by atoms with E-state index in [9.17, 15) is 0 Å². The first-order valence-electron chi connectivity index (χ1n) is 18.3. The van der Waals surface area contributed by atoms with Crippen molar-refractivity contribution in [3.05, 3.63) is 194 Å². The number of thiophene rings is 1. The molecule has 0 N–H and O–H groups in total. The molecule has 0 atom stereocenters. The van der Waals surface area contributed by atoms with E-state index in [4.69, 9.17) is 0 Å². The highest BCUT2D eigenvalue weighted by Gasteiger charge is 2.34. The van der Waals surface area contributed by atoms with Gasteiger partial charge in [-0.05, 0) is 89.2 Å². The number of benzene rings is 9. The van der Waals surface area contributed by atoms with Crippen molar-refractivity contribution in [3.63, 3.8) is 0 Å². The predicted octanol–water partition coefficient (Wildman–Crippen LogP) is 15.2. The molecule has 1 heterocycles. The van der Waals surface area contributed by atoms with Crippen LogP contribution < -0.4 is 0 Å². The van der Waals surface area contributed by atoms with E-state index in [0.717, 1.165) is 0 Å². The van der Waals surface area contributed by atoms with Gasteiger partial charge in [0, 0.05) is 25.7 Å². The Morgan fingerprint density at radius 1 is 0.245 bits per heavy atom. The van der Waals surface area contributed by atoms with E-state index in [1.807, 2.05) is 11.3 Å². The highest BCUT2D eigenvalue weighted by molar-refractivity contribution is 7.26. The zero-order chi connectivity index (χ0) is 34.9. The SMILES string of the molecule is c1ccc(-c2c(-c3ccccc3)c(-c3ccccc3)c3c(c2-c2ccccc2)-c2cccc4c(-c5cccc6c5sc5ccccc56)ccc-3c24)cc1. The molecule has 0 amide bonds. The number of rotatable bonds is 5. The van der Waals surface area contributed by atoms with Crippen LogP contribution in [0, 0.1) is 0 Å². The summed E-state index contributed by atoms with van der Waals surface area (Å²) in [5.74, 6) is 0. The fourth-order valence-electron chi connectivity index (χ4n) is 8.88. The Kier molecular flexibility index (Phi) is 6.83. The van der Waals surface area contributed by atoms with Crippen LogP contribution in [0.4, 0.5) is 0 Å². The molecule has 0 nitrogen and oxygen atoms in total. The first kappa shape index (κ1) is 30.1. The standard InChI is InChI=1S/C52H32S/c1-5-17-33(18-6-1)45-46(34-19-7-2-8-20-34)48(36-23-11-4-12-24-36)51-43-32-31-37(40-27-16-28-41-38-25-13-14-30-44(38)53-52(40)41)39-26-15-29-42(49(39)43)50(51)47(45)35-21-9-3-10-22-35/h1-32H. The van der Waals surface area contributed by atoms with Crippen LogP contribution in [0.25, 0.3) is 109 Å². The van der Waals surface area contributed by atoms with Gasteiger partial charge in [-0.1, -0.05) is 188 Å². The molecule has 0 saturated heterocycles. The summed E-state index contributed by atoms with van der Waals surface area (Å²) in [6, 6.07) is 71.6. The second-order valence-electron chi connectivity index (χ2n) is 13.9. The summed E-state index contributed by atoms with van der Waals surface area (Å²) in [6.07, 6.45) is 0. The Labute approximate surface area is 312 Å². The first-order valence-corrected chi connectivity index (χ1v) is 19.1. The molecule has 0 bridgehead atoms. The lowest BCUT2D eigenvalue weighted by atomic mass is 9.76. The largest absolute Gasteiger partial charge is 0.135 e. The summed E-state index contributed by atoms with van der Waals surface area (Å²) >= 11 is 1.90. The number of hydrogen-bond acceptors (Lipinski definition) is 1. The molecule has 246 valence electrons. The van der Waals surface area contributed by atoms with E-state index >= 15 is 0 Å². The van der Waals surface area contributed by atoms with Gasteiger partial charge in [0.05, 0.1) is 0 Å². The summed E-state index contributed by atoms with van der Waals surface area (Å²) < 4.78 is 2.67. The summed E-state index contributed by atoms with van der Waals surface area (Å²) in [5, 5.41) is 5.28. The van der Waals surface area contributed by atoms with Gasteiger partial charge in [0.2, 0.25) is 0 Å². The van der Waals surface area contributed by atoms with Crippen molar-refractivity contribution in [2.75, 3.05) is 0 Å². The van der Waals surface area contributed by atoms with Crippen LogP contribution in [0.1, 0.15) is 0 Å². The molecule has 53 heavy (non-hydrogen) atoms. The minimum atomic E-state index is 1.21. The predicted molar refractivity (Wildman–Crippen MR) is 228 cm³/mol.